The Kier molecular flexibility index (Phi) is 58.1. The van der Waals surface area contributed by atoms with Crippen LogP contribution in [0.4, 0.5) is 0 Å². The number of ether oxygens (including phenoxy) is 3. The van der Waals surface area contributed by atoms with Crippen LogP contribution in [0.2, 0.25) is 0 Å². The molecule has 0 rings (SSSR count). The Morgan fingerprint density at radius 2 is 0.667 bits per heavy atom. The lowest BCUT2D eigenvalue weighted by molar-refractivity contribution is -0.161. The molecular formula is C66H119O11P. The first-order chi connectivity index (χ1) is 38.2. The van der Waals surface area contributed by atoms with Gasteiger partial charge in [-0.3, -0.25) is 23.4 Å². The lowest BCUT2D eigenvalue weighted by Crippen LogP contribution is -2.30. The van der Waals surface area contributed by atoms with E-state index in [0.29, 0.717) is 19.3 Å². The zero-order chi connectivity index (χ0) is 56.9. The Bertz CT molecular complexity index is 1540. The highest BCUT2D eigenvalue weighted by molar-refractivity contribution is 7.47. The van der Waals surface area contributed by atoms with E-state index >= 15 is 0 Å². The van der Waals surface area contributed by atoms with E-state index in [1.807, 2.05) is 0 Å². The molecule has 12 heteroatoms. The number of carbonyl (C=O) groups excluding carboxylic acids is 3. The van der Waals surface area contributed by atoms with Gasteiger partial charge in [-0.15, -0.1) is 0 Å². The molecule has 11 nitrogen and oxygen atoms in total. The van der Waals surface area contributed by atoms with Crippen molar-refractivity contribution >= 4 is 25.7 Å². The summed E-state index contributed by atoms with van der Waals surface area (Å²) in [6.07, 6.45) is 67.5. The molecule has 0 aromatic heterocycles. The fourth-order valence-corrected chi connectivity index (χ4v) is 9.83. The van der Waals surface area contributed by atoms with Crippen LogP contribution < -0.4 is 0 Å². The minimum atomic E-state index is -4.76. The third-order valence-electron chi connectivity index (χ3n) is 13.9. The van der Waals surface area contributed by atoms with Crippen molar-refractivity contribution in [3.05, 3.63) is 60.8 Å². The van der Waals surface area contributed by atoms with E-state index in [1.54, 1.807) is 0 Å². The molecular weight excluding hydrogens is 1000 g/mol. The van der Waals surface area contributed by atoms with Crippen LogP contribution in [0.25, 0.3) is 0 Å². The van der Waals surface area contributed by atoms with E-state index in [0.717, 1.165) is 77.0 Å². The molecule has 0 saturated heterocycles. The minimum Gasteiger partial charge on any atom is -0.462 e. The summed E-state index contributed by atoms with van der Waals surface area (Å²) < 4.78 is 39.6. The summed E-state index contributed by atoms with van der Waals surface area (Å²) in [6, 6.07) is 0. The van der Waals surface area contributed by atoms with Gasteiger partial charge in [0.2, 0.25) is 0 Å². The number of aliphatic hydroxyl groups is 1. The zero-order valence-electron chi connectivity index (χ0n) is 50.4. The average molecular weight is 1120 g/mol. The van der Waals surface area contributed by atoms with Gasteiger partial charge in [0.25, 0.3) is 0 Å². The summed E-state index contributed by atoms with van der Waals surface area (Å²) in [5.74, 6) is -1.49. The van der Waals surface area contributed by atoms with E-state index < -0.39 is 57.8 Å². The molecule has 2 N–H and O–H groups in total. The maximum absolute atomic E-state index is 13.0. The first-order valence-electron chi connectivity index (χ1n) is 32.2. The van der Waals surface area contributed by atoms with E-state index in [4.69, 9.17) is 23.3 Å². The van der Waals surface area contributed by atoms with Crippen LogP contribution in [0.1, 0.15) is 303 Å². The minimum absolute atomic E-state index is 0.126. The van der Waals surface area contributed by atoms with Crippen molar-refractivity contribution in [3.8, 4) is 0 Å². The smallest absolute Gasteiger partial charge is 0.462 e. The van der Waals surface area contributed by atoms with Crippen LogP contribution >= 0.6 is 7.82 Å². The number of phosphoric ester groups is 1. The van der Waals surface area contributed by atoms with E-state index in [1.165, 1.54) is 167 Å². The lowest BCUT2D eigenvalue weighted by Gasteiger charge is -2.21. The highest BCUT2D eigenvalue weighted by Crippen LogP contribution is 2.43. The first kappa shape index (κ1) is 75.2. The highest BCUT2D eigenvalue weighted by Gasteiger charge is 2.28. The summed E-state index contributed by atoms with van der Waals surface area (Å²) in [5, 5.41) is 9.83. The van der Waals surface area contributed by atoms with Crippen molar-refractivity contribution in [1.82, 2.24) is 0 Å². The predicted molar refractivity (Wildman–Crippen MR) is 325 cm³/mol. The molecule has 0 saturated carbocycles. The van der Waals surface area contributed by atoms with Crippen molar-refractivity contribution in [2.24, 2.45) is 0 Å². The molecule has 0 aromatic carbocycles. The number of allylic oxidation sites excluding steroid dienone is 10. The van der Waals surface area contributed by atoms with E-state index in [2.05, 4.69) is 81.5 Å². The van der Waals surface area contributed by atoms with Gasteiger partial charge in [-0.05, 0) is 83.5 Å². The Hall–Kier alpha value is -2.82. The summed E-state index contributed by atoms with van der Waals surface area (Å²) >= 11 is 0. The first-order valence-corrected chi connectivity index (χ1v) is 33.7. The van der Waals surface area contributed by atoms with Gasteiger partial charge in [0.15, 0.2) is 6.10 Å². The molecule has 0 fully saturated rings. The molecule has 454 valence electrons. The Morgan fingerprint density at radius 3 is 1.06 bits per heavy atom. The highest BCUT2D eigenvalue weighted by atomic mass is 31.2. The van der Waals surface area contributed by atoms with Crippen LogP contribution in [0.15, 0.2) is 60.8 Å². The maximum Gasteiger partial charge on any atom is 0.472 e. The Balaban J connectivity index is 4.71. The third-order valence-corrected chi connectivity index (χ3v) is 14.9. The van der Waals surface area contributed by atoms with Gasteiger partial charge in [0.1, 0.15) is 12.7 Å². The summed E-state index contributed by atoms with van der Waals surface area (Å²) in [6.45, 7) is 4.54. The SMILES string of the molecule is CC/C=C\C/C=C\C/C=C\C/C=C\CCCCC(=O)OC(CO)COP(=O)(O)OCC(COC(=O)CCCCCCCCCCC/C=C\CCCCCCCC)OC(=O)CCCCCCCCCCCCCCCCCCC. The molecule has 78 heavy (non-hydrogen) atoms. The second-order valence-corrected chi connectivity index (χ2v) is 23.0. The largest absolute Gasteiger partial charge is 0.472 e. The summed E-state index contributed by atoms with van der Waals surface area (Å²) in [5.41, 5.74) is 0. The standard InChI is InChI=1S/C66H119O11P/c1-4-7-10-13-16-19-22-25-28-30-31-33-35-37-40-43-46-49-52-55-64(68)73-59-63(77-66(70)57-54-51-48-45-42-39-36-32-29-26-23-20-17-14-11-8-5-2)61-75-78(71,72)74-60-62(58-67)76-65(69)56-53-50-47-44-41-38-34-27-24-21-18-15-12-9-6-3/h9,12,18,21,25,27-28,34,41,44,62-63,67H,4-8,10-11,13-17,19-20,22-24,26,29-33,35-40,42-43,45-61H2,1-3H3,(H,71,72)/b12-9-,21-18-,28-25-,34-27-,44-41-. The van der Waals surface area contributed by atoms with Gasteiger partial charge in [-0.2, -0.15) is 0 Å². The number of esters is 3. The molecule has 0 amide bonds. The van der Waals surface area contributed by atoms with Crippen molar-refractivity contribution < 1.29 is 52.2 Å². The van der Waals surface area contributed by atoms with Gasteiger partial charge in [-0.1, -0.05) is 261 Å². The van der Waals surface area contributed by atoms with Crippen LogP contribution in [0, 0.1) is 0 Å². The molecule has 0 aliphatic rings. The number of aliphatic hydroxyl groups excluding tert-OH is 1. The lowest BCUT2D eigenvalue weighted by atomic mass is 10.0. The van der Waals surface area contributed by atoms with Gasteiger partial charge in [0.05, 0.1) is 19.8 Å². The second-order valence-electron chi connectivity index (χ2n) is 21.6. The fourth-order valence-electron chi connectivity index (χ4n) is 9.05. The van der Waals surface area contributed by atoms with Crippen molar-refractivity contribution in [1.29, 1.82) is 0 Å². The fraction of sp³-hybridized carbons (Fsp3) is 0.803. The number of unbranched alkanes of at least 4 members (excludes halogenated alkanes) is 33. The predicted octanol–water partition coefficient (Wildman–Crippen LogP) is 19.5. The summed E-state index contributed by atoms with van der Waals surface area (Å²) in [7, 11) is -4.76. The summed E-state index contributed by atoms with van der Waals surface area (Å²) in [4.78, 5) is 48.7. The topological polar surface area (TPSA) is 155 Å². The third kappa shape index (κ3) is 57.9. The van der Waals surface area contributed by atoms with E-state index in [9.17, 15) is 28.9 Å². The van der Waals surface area contributed by atoms with Gasteiger partial charge >= 0.3 is 25.7 Å². The van der Waals surface area contributed by atoms with E-state index in [-0.39, 0.29) is 25.9 Å². The number of phosphoric acid groups is 1. The van der Waals surface area contributed by atoms with Crippen LogP contribution in [-0.4, -0.2) is 66.5 Å². The zero-order valence-corrected chi connectivity index (χ0v) is 51.3. The molecule has 0 aliphatic heterocycles. The molecule has 0 radical (unpaired) electrons. The van der Waals surface area contributed by atoms with Crippen LogP contribution in [0.3, 0.4) is 0 Å². The maximum atomic E-state index is 13.0. The van der Waals surface area contributed by atoms with Gasteiger partial charge in [0, 0.05) is 19.3 Å². The molecule has 0 bridgehead atoms. The van der Waals surface area contributed by atoms with Gasteiger partial charge < -0.3 is 24.2 Å². The second kappa shape index (κ2) is 60.3. The number of rotatable bonds is 60. The monoisotopic (exact) mass is 1120 g/mol. The molecule has 0 aliphatic carbocycles. The van der Waals surface area contributed by atoms with Crippen molar-refractivity contribution in [2.45, 2.75) is 315 Å². The molecule has 3 atom stereocenters. The van der Waals surface area contributed by atoms with Crippen LogP contribution in [0.5, 0.6) is 0 Å². The average Bonchev–Trinajstić information content (AvgIpc) is 3.43. The Labute approximate surface area is 478 Å². The van der Waals surface area contributed by atoms with Crippen LogP contribution in [-0.2, 0) is 42.2 Å². The van der Waals surface area contributed by atoms with Crippen molar-refractivity contribution in [3.63, 3.8) is 0 Å². The molecule has 0 spiro atoms. The molecule has 0 aromatic rings. The molecule has 0 heterocycles. The number of carbonyl (C=O) groups is 3. The normalized spacial score (nSPS) is 13.7. The van der Waals surface area contributed by atoms with Crippen molar-refractivity contribution in [2.75, 3.05) is 26.4 Å². The molecule has 3 unspecified atom stereocenters. The number of hydrogen-bond acceptors (Lipinski definition) is 10. The number of hydrogen-bond donors (Lipinski definition) is 2. The quantitative estimate of drug-likeness (QED) is 0.0197. The van der Waals surface area contributed by atoms with Gasteiger partial charge in [-0.25, -0.2) is 4.57 Å². The Morgan fingerprint density at radius 1 is 0.372 bits per heavy atom.